The molecule has 0 amide bonds. The molecule has 4 rings (SSSR count). The van der Waals surface area contributed by atoms with E-state index in [2.05, 4.69) is 29.6 Å². The predicted molar refractivity (Wildman–Crippen MR) is 97.5 cm³/mol. The molecule has 0 spiro atoms. The van der Waals surface area contributed by atoms with Gasteiger partial charge in [-0.1, -0.05) is 6.07 Å². The van der Waals surface area contributed by atoms with Crippen molar-refractivity contribution < 1.29 is 18.9 Å². The summed E-state index contributed by atoms with van der Waals surface area (Å²) in [7, 11) is 1.68. The number of hydrogen-bond acceptors (Lipinski definition) is 5. The summed E-state index contributed by atoms with van der Waals surface area (Å²) in [5.74, 6) is 3.19. The molecular formula is C19H22ClNO4. The summed E-state index contributed by atoms with van der Waals surface area (Å²) in [5, 5.41) is 3.59. The topological polar surface area (TPSA) is 49.0 Å². The molecule has 1 unspecified atom stereocenters. The van der Waals surface area contributed by atoms with Crippen molar-refractivity contribution in [3.63, 3.8) is 0 Å². The van der Waals surface area contributed by atoms with Crippen LogP contribution in [0.2, 0.25) is 0 Å². The van der Waals surface area contributed by atoms with Gasteiger partial charge in [0.2, 0.25) is 6.79 Å². The molecule has 2 aliphatic rings. The van der Waals surface area contributed by atoms with Gasteiger partial charge in [-0.25, -0.2) is 0 Å². The van der Waals surface area contributed by atoms with E-state index in [1.54, 1.807) is 7.11 Å². The fourth-order valence-corrected chi connectivity index (χ4v) is 3.38. The van der Waals surface area contributed by atoms with Crippen LogP contribution in [0, 0.1) is 0 Å². The minimum atomic E-state index is 0. The first-order valence-electron chi connectivity index (χ1n) is 8.26. The average Bonchev–Trinajstić information content (AvgIpc) is 3.08. The molecule has 0 bridgehead atoms. The molecule has 0 fully saturated rings. The Morgan fingerprint density at radius 3 is 2.76 bits per heavy atom. The molecule has 0 aromatic heterocycles. The van der Waals surface area contributed by atoms with E-state index in [-0.39, 0.29) is 18.4 Å². The fourth-order valence-electron chi connectivity index (χ4n) is 3.38. The first kappa shape index (κ1) is 17.7. The molecule has 0 saturated heterocycles. The molecule has 2 aromatic rings. The Morgan fingerprint density at radius 2 is 1.96 bits per heavy atom. The van der Waals surface area contributed by atoms with Gasteiger partial charge in [-0.05, 0) is 54.3 Å². The third kappa shape index (κ3) is 3.22. The Morgan fingerprint density at radius 1 is 1.12 bits per heavy atom. The van der Waals surface area contributed by atoms with Crippen molar-refractivity contribution in [3.8, 4) is 23.0 Å². The number of benzene rings is 2. The summed E-state index contributed by atoms with van der Waals surface area (Å²) < 4.78 is 22.2. The highest BCUT2D eigenvalue weighted by molar-refractivity contribution is 5.85. The first-order valence-corrected chi connectivity index (χ1v) is 8.26. The molecule has 2 aromatic carbocycles. The zero-order valence-corrected chi connectivity index (χ0v) is 15.2. The quantitative estimate of drug-likeness (QED) is 0.901. The van der Waals surface area contributed by atoms with E-state index in [1.165, 1.54) is 11.1 Å². The van der Waals surface area contributed by atoms with Gasteiger partial charge in [0.05, 0.1) is 19.8 Å². The standard InChI is InChI=1S/C19H21NO4.ClH/c1-3-22-18-8-12-6-7-20-19(14(12)10-16(18)21-2)13-4-5-15-17(9-13)24-11-23-15;/h4-5,8-10,19-20H,3,6-7,11H2,1-2H3;1H. The van der Waals surface area contributed by atoms with Gasteiger partial charge in [-0.3, -0.25) is 0 Å². The van der Waals surface area contributed by atoms with Crippen molar-refractivity contribution in [2.45, 2.75) is 19.4 Å². The van der Waals surface area contributed by atoms with Gasteiger partial charge in [0.25, 0.3) is 0 Å². The Labute approximate surface area is 153 Å². The highest BCUT2D eigenvalue weighted by Crippen LogP contribution is 2.40. The second-order valence-electron chi connectivity index (χ2n) is 5.88. The van der Waals surface area contributed by atoms with Gasteiger partial charge in [-0.2, -0.15) is 0 Å². The van der Waals surface area contributed by atoms with Crippen LogP contribution in [0.3, 0.4) is 0 Å². The van der Waals surface area contributed by atoms with Crippen molar-refractivity contribution in [1.82, 2.24) is 5.32 Å². The van der Waals surface area contributed by atoms with E-state index < -0.39 is 0 Å². The summed E-state index contributed by atoms with van der Waals surface area (Å²) >= 11 is 0. The lowest BCUT2D eigenvalue weighted by molar-refractivity contribution is 0.174. The lowest BCUT2D eigenvalue weighted by atomic mass is 9.89. The van der Waals surface area contributed by atoms with Crippen LogP contribution in [0.15, 0.2) is 30.3 Å². The molecule has 25 heavy (non-hydrogen) atoms. The second-order valence-corrected chi connectivity index (χ2v) is 5.88. The van der Waals surface area contributed by atoms with Gasteiger partial charge < -0.3 is 24.3 Å². The van der Waals surface area contributed by atoms with Gasteiger partial charge in [0, 0.05) is 6.54 Å². The number of methoxy groups -OCH3 is 1. The first-order chi connectivity index (χ1) is 11.8. The summed E-state index contributed by atoms with van der Waals surface area (Å²) in [4.78, 5) is 0. The van der Waals surface area contributed by atoms with Crippen molar-refractivity contribution in [2.75, 3.05) is 27.1 Å². The van der Waals surface area contributed by atoms with E-state index in [0.29, 0.717) is 13.4 Å². The molecule has 134 valence electrons. The Hall–Kier alpha value is -2.11. The van der Waals surface area contributed by atoms with E-state index in [1.807, 2.05) is 13.0 Å². The fraction of sp³-hybridized carbons (Fsp3) is 0.368. The lowest BCUT2D eigenvalue weighted by Crippen LogP contribution is -2.30. The highest BCUT2D eigenvalue weighted by atomic mass is 35.5. The van der Waals surface area contributed by atoms with E-state index in [4.69, 9.17) is 18.9 Å². The van der Waals surface area contributed by atoms with Crippen LogP contribution < -0.4 is 24.3 Å². The van der Waals surface area contributed by atoms with Crippen molar-refractivity contribution in [1.29, 1.82) is 0 Å². The molecule has 0 aliphatic carbocycles. The van der Waals surface area contributed by atoms with Crippen LogP contribution in [0.25, 0.3) is 0 Å². The number of halogens is 1. The summed E-state index contributed by atoms with van der Waals surface area (Å²) in [6, 6.07) is 10.4. The Kier molecular flexibility index (Phi) is 5.25. The van der Waals surface area contributed by atoms with Crippen LogP contribution in [0.1, 0.15) is 29.7 Å². The van der Waals surface area contributed by atoms with Gasteiger partial charge in [0.15, 0.2) is 23.0 Å². The Balaban J connectivity index is 0.00000182. The summed E-state index contributed by atoms with van der Waals surface area (Å²) in [6.45, 7) is 3.82. The number of fused-ring (bicyclic) bond motifs is 2. The summed E-state index contributed by atoms with van der Waals surface area (Å²) in [5.41, 5.74) is 3.67. The zero-order chi connectivity index (χ0) is 16.5. The monoisotopic (exact) mass is 363 g/mol. The van der Waals surface area contributed by atoms with Crippen molar-refractivity contribution in [2.24, 2.45) is 0 Å². The Bertz CT molecular complexity index is 765. The van der Waals surface area contributed by atoms with Crippen LogP contribution in [-0.4, -0.2) is 27.1 Å². The maximum atomic E-state index is 5.71. The van der Waals surface area contributed by atoms with Gasteiger partial charge >= 0.3 is 0 Å². The van der Waals surface area contributed by atoms with E-state index in [9.17, 15) is 0 Å². The molecule has 0 radical (unpaired) electrons. The second kappa shape index (κ2) is 7.42. The lowest BCUT2D eigenvalue weighted by Gasteiger charge is -2.28. The largest absolute Gasteiger partial charge is 0.493 e. The molecule has 5 nitrogen and oxygen atoms in total. The molecule has 2 heterocycles. The zero-order valence-electron chi connectivity index (χ0n) is 14.3. The van der Waals surface area contributed by atoms with Gasteiger partial charge in [-0.15, -0.1) is 12.4 Å². The molecule has 6 heteroatoms. The van der Waals surface area contributed by atoms with Crippen molar-refractivity contribution in [3.05, 3.63) is 47.0 Å². The smallest absolute Gasteiger partial charge is 0.231 e. The number of ether oxygens (including phenoxy) is 4. The SMILES string of the molecule is CCOc1cc2c(cc1OC)C(c1ccc3c(c1)OCO3)NCC2.Cl. The van der Waals surface area contributed by atoms with Crippen LogP contribution in [0.4, 0.5) is 0 Å². The number of hydrogen-bond donors (Lipinski definition) is 1. The predicted octanol–water partition coefficient (Wildman–Crippen LogP) is 3.48. The van der Waals surface area contributed by atoms with E-state index >= 15 is 0 Å². The van der Waals surface area contributed by atoms with Crippen LogP contribution in [0.5, 0.6) is 23.0 Å². The normalized spacial score (nSPS) is 17.4. The molecule has 1 atom stereocenters. The third-order valence-electron chi connectivity index (χ3n) is 4.51. The molecular weight excluding hydrogens is 342 g/mol. The third-order valence-corrected chi connectivity index (χ3v) is 4.51. The van der Waals surface area contributed by atoms with Crippen molar-refractivity contribution >= 4 is 12.4 Å². The van der Waals surface area contributed by atoms with Crippen LogP contribution in [-0.2, 0) is 6.42 Å². The highest BCUT2D eigenvalue weighted by Gasteiger charge is 2.25. The maximum absolute atomic E-state index is 5.71. The molecule has 2 aliphatic heterocycles. The molecule has 1 N–H and O–H groups in total. The number of nitrogens with one attached hydrogen (secondary N) is 1. The van der Waals surface area contributed by atoms with E-state index in [0.717, 1.165) is 41.5 Å². The van der Waals surface area contributed by atoms with Crippen LogP contribution >= 0.6 is 12.4 Å². The minimum Gasteiger partial charge on any atom is -0.493 e. The minimum absolute atomic E-state index is 0. The van der Waals surface area contributed by atoms with Gasteiger partial charge in [0.1, 0.15) is 0 Å². The number of rotatable bonds is 4. The summed E-state index contributed by atoms with van der Waals surface area (Å²) in [6.07, 6.45) is 0.973. The molecule has 0 saturated carbocycles. The maximum Gasteiger partial charge on any atom is 0.231 e. The average molecular weight is 364 g/mol.